The van der Waals surface area contributed by atoms with E-state index in [0.29, 0.717) is 11.5 Å². The lowest BCUT2D eigenvalue weighted by molar-refractivity contribution is -0.160. The highest BCUT2D eigenvalue weighted by atomic mass is 16.6. The van der Waals surface area contributed by atoms with Crippen LogP contribution in [0.15, 0.2) is 95.6 Å². The van der Waals surface area contributed by atoms with Crippen LogP contribution in [0.1, 0.15) is 36.4 Å². The molecule has 38 heavy (non-hydrogen) atoms. The molecule has 1 saturated carbocycles. The Morgan fingerprint density at radius 3 is 2.45 bits per heavy atom. The number of fused-ring (bicyclic) bond motifs is 2. The average Bonchev–Trinajstić information content (AvgIpc) is 3.37. The molecule has 2 heterocycles. The summed E-state index contributed by atoms with van der Waals surface area (Å²) in [5.41, 5.74) is 4.20. The Bertz CT molecular complexity index is 1390. The van der Waals surface area contributed by atoms with Gasteiger partial charge in [-0.05, 0) is 54.2 Å². The zero-order valence-corrected chi connectivity index (χ0v) is 20.9. The van der Waals surface area contributed by atoms with Gasteiger partial charge in [-0.1, -0.05) is 72.8 Å². The van der Waals surface area contributed by atoms with Crippen molar-refractivity contribution < 1.29 is 23.8 Å². The maximum atomic E-state index is 13.5. The summed E-state index contributed by atoms with van der Waals surface area (Å²) in [6.45, 7) is -0.399. The summed E-state index contributed by atoms with van der Waals surface area (Å²) < 4.78 is 16.8. The summed E-state index contributed by atoms with van der Waals surface area (Å²) in [6, 6.07) is 27.0. The molecule has 2 aliphatic heterocycles. The number of allylic oxidation sites excluding steroid dienone is 1. The molecule has 3 aliphatic rings. The lowest BCUT2D eigenvalue weighted by Gasteiger charge is -2.29. The number of para-hydroxylation sites is 2. The van der Waals surface area contributed by atoms with Gasteiger partial charge in [-0.15, -0.1) is 0 Å². The second kappa shape index (κ2) is 10.5. The maximum absolute atomic E-state index is 13.5. The van der Waals surface area contributed by atoms with E-state index in [1.165, 1.54) is 5.01 Å². The summed E-state index contributed by atoms with van der Waals surface area (Å²) >= 11 is 0. The molecule has 3 aromatic carbocycles. The summed E-state index contributed by atoms with van der Waals surface area (Å²) in [6.07, 6.45) is 4.09. The van der Waals surface area contributed by atoms with Crippen molar-refractivity contribution >= 4 is 23.7 Å². The van der Waals surface area contributed by atoms with Crippen LogP contribution >= 0.6 is 0 Å². The molecule has 0 saturated heterocycles. The smallest absolute Gasteiger partial charge is 0.351 e. The Balaban J connectivity index is 1.21. The van der Waals surface area contributed by atoms with Gasteiger partial charge in [0.25, 0.3) is 5.91 Å². The van der Waals surface area contributed by atoms with Gasteiger partial charge in [0, 0.05) is 5.92 Å². The van der Waals surface area contributed by atoms with Gasteiger partial charge in [-0.2, -0.15) is 5.10 Å². The first-order valence-corrected chi connectivity index (χ1v) is 12.9. The Hall–Kier alpha value is -4.39. The molecule has 0 bridgehead atoms. The fourth-order valence-corrected chi connectivity index (χ4v) is 5.37. The van der Waals surface area contributed by atoms with Crippen LogP contribution in [-0.2, 0) is 14.3 Å². The molecule has 1 aliphatic carbocycles. The molecule has 3 unspecified atom stereocenters. The van der Waals surface area contributed by atoms with Gasteiger partial charge in [-0.3, -0.25) is 4.79 Å². The minimum Gasteiger partial charge on any atom is -0.485 e. The van der Waals surface area contributed by atoms with E-state index < -0.39 is 18.7 Å². The number of hydrogen-bond acceptors (Lipinski definition) is 6. The molecular formula is C31H28N2O5. The van der Waals surface area contributed by atoms with Crippen molar-refractivity contribution in [1.82, 2.24) is 5.01 Å². The van der Waals surface area contributed by atoms with Crippen molar-refractivity contribution in [2.45, 2.75) is 31.4 Å². The molecule has 3 atom stereocenters. The van der Waals surface area contributed by atoms with E-state index in [2.05, 4.69) is 18.2 Å². The molecular weight excluding hydrogens is 480 g/mol. The van der Waals surface area contributed by atoms with Gasteiger partial charge in [0.05, 0.1) is 11.8 Å². The second-order valence-electron chi connectivity index (χ2n) is 9.63. The Morgan fingerprint density at radius 2 is 1.66 bits per heavy atom. The van der Waals surface area contributed by atoms with Crippen LogP contribution in [0, 0.1) is 5.92 Å². The third-order valence-corrected chi connectivity index (χ3v) is 7.15. The molecule has 0 radical (unpaired) electrons. The summed E-state index contributed by atoms with van der Waals surface area (Å²) in [4.78, 5) is 26.2. The second-order valence-corrected chi connectivity index (χ2v) is 9.63. The normalized spacial score (nSPS) is 22.9. The first-order chi connectivity index (χ1) is 18.7. The number of amides is 1. The van der Waals surface area contributed by atoms with E-state index in [9.17, 15) is 9.59 Å². The Kier molecular flexibility index (Phi) is 6.65. The molecule has 1 fully saturated rings. The summed E-state index contributed by atoms with van der Waals surface area (Å²) in [5, 5.41) is 6.36. The van der Waals surface area contributed by atoms with Crippen molar-refractivity contribution in [2.75, 3.05) is 13.2 Å². The van der Waals surface area contributed by atoms with E-state index in [0.717, 1.165) is 41.7 Å². The van der Waals surface area contributed by atoms with Crippen LogP contribution in [0.25, 0.3) is 6.08 Å². The highest BCUT2D eigenvalue weighted by Crippen LogP contribution is 2.44. The maximum Gasteiger partial charge on any atom is 0.351 e. The van der Waals surface area contributed by atoms with E-state index >= 15 is 0 Å². The van der Waals surface area contributed by atoms with Gasteiger partial charge in [-0.25, -0.2) is 9.80 Å². The quantitative estimate of drug-likeness (QED) is 0.443. The molecule has 192 valence electrons. The third-order valence-electron chi connectivity index (χ3n) is 7.15. The minimum atomic E-state index is -0.935. The zero-order valence-electron chi connectivity index (χ0n) is 20.9. The predicted molar refractivity (Wildman–Crippen MR) is 143 cm³/mol. The van der Waals surface area contributed by atoms with Gasteiger partial charge < -0.3 is 14.2 Å². The lowest BCUT2D eigenvalue weighted by Crippen LogP contribution is -2.40. The standard InChI is InChI=1S/C31H28N2O5/c34-28(20-37-31(35)27-19-36-25-16-7-8-17-26(25)38-27)33-30(22-12-5-2-6-13-22)24-15-9-14-23(29(24)32-33)18-21-10-3-1-4-11-21/h1-8,10-13,16-18,24,27,30H,9,14-15,19-20H2. The summed E-state index contributed by atoms with van der Waals surface area (Å²) in [5.74, 6) is 0.118. The van der Waals surface area contributed by atoms with Crippen molar-refractivity contribution in [2.24, 2.45) is 11.0 Å². The van der Waals surface area contributed by atoms with E-state index in [-0.39, 0.29) is 24.5 Å². The molecule has 3 aromatic rings. The van der Waals surface area contributed by atoms with Crippen LogP contribution in [0.4, 0.5) is 0 Å². The van der Waals surface area contributed by atoms with Gasteiger partial charge in [0.15, 0.2) is 18.1 Å². The van der Waals surface area contributed by atoms with Crippen LogP contribution in [-0.4, -0.2) is 41.9 Å². The fourth-order valence-electron chi connectivity index (χ4n) is 5.37. The monoisotopic (exact) mass is 508 g/mol. The van der Waals surface area contributed by atoms with Crippen LogP contribution in [0.3, 0.4) is 0 Å². The van der Waals surface area contributed by atoms with Gasteiger partial charge in [0.1, 0.15) is 6.61 Å². The van der Waals surface area contributed by atoms with E-state index in [4.69, 9.17) is 19.3 Å². The highest BCUT2D eigenvalue weighted by molar-refractivity contribution is 6.08. The largest absolute Gasteiger partial charge is 0.485 e. The van der Waals surface area contributed by atoms with E-state index in [1.54, 1.807) is 18.2 Å². The Labute approximate surface area is 221 Å². The highest BCUT2D eigenvalue weighted by Gasteiger charge is 2.44. The molecule has 7 heteroatoms. The van der Waals surface area contributed by atoms with Crippen molar-refractivity contribution in [3.63, 3.8) is 0 Å². The molecule has 7 nitrogen and oxygen atoms in total. The first-order valence-electron chi connectivity index (χ1n) is 12.9. The number of esters is 1. The van der Waals surface area contributed by atoms with Crippen molar-refractivity contribution in [1.29, 1.82) is 0 Å². The fraction of sp³-hybridized carbons (Fsp3) is 0.258. The Morgan fingerprint density at radius 1 is 0.947 bits per heavy atom. The van der Waals surface area contributed by atoms with Gasteiger partial charge >= 0.3 is 5.97 Å². The predicted octanol–water partition coefficient (Wildman–Crippen LogP) is 5.19. The first kappa shape index (κ1) is 24.0. The van der Waals surface area contributed by atoms with Crippen molar-refractivity contribution in [3.05, 3.63) is 102 Å². The minimum absolute atomic E-state index is 0.0262. The van der Waals surface area contributed by atoms with Crippen molar-refractivity contribution in [3.8, 4) is 11.5 Å². The molecule has 0 aromatic heterocycles. The number of ether oxygens (including phenoxy) is 3. The molecule has 0 spiro atoms. The molecule has 6 rings (SSSR count). The van der Waals surface area contributed by atoms with Crippen LogP contribution < -0.4 is 9.47 Å². The van der Waals surface area contributed by atoms with Gasteiger partial charge in [0.2, 0.25) is 6.10 Å². The molecule has 1 amide bonds. The third kappa shape index (κ3) is 4.79. The average molecular weight is 509 g/mol. The number of hydrazone groups is 1. The number of rotatable bonds is 5. The number of benzene rings is 3. The number of nitrogens with zero attached hydrogens (tertiary/aromatic N) is 2. The number of hydrogen-bond donors (Lipinski definition) is 0. The van der Waals surface area contributed by atoms with E-state index in [1.807, 2.05) is 54.6 Å². The number of carbonyl (C=O) groups excluding carboxylic acids is 2. The van der Waals surface area contributed by atoms with Crippen LogP contribution in [0.2, 0.25) is 0 Å². The SMILES string of the molecule is O=C(OCC(=O)N1N=C2C(=Cc3ccccc3)CCCC2C1c1ccccc1)C1COc2ccccc2O1. The zero-order chi connectivity index (χ0) is 25.9. The molecule has 0 N–H and O–H groups in total. The lowest BCUT2D eigenvalue weighted by atomic mass is 9.77. The van der Waals surface area contributed by atoms with Crippen LogP contribution in [0.5, 0.6) is 11.5 Å². The number of carbonyl (C=O) groups is 2. The summed E-state index contributed by atoms with van der Waals surface area (Å²) in [7, 11) is 0. The topological polar surface area (TPSA) is 77.4 Å².